The minimum absolute atomic E-state index is 0.144. The molecule has 0 atom stereocenters. The van der Waals surface area contributed by atoms with Crippen LogP contribution in [0.1, 0.15) is 10.4 Å². The van der Waals surface area contributed by atoms with Gasteiger partial charge in [0.05, 0.1) is 11.3 Å². The molecular weight excluding hydrogens is 204 g/mol. The third kappa shape index (κ3) is 2.77. The van der Waals surface area contributed by atoms with E-state index in [4.69, 9.17) is 5.11 Å². The second-order valence-electron chi connectivity index (χ2n) is 2.80. The Morgan fingerprint density at radius 2 is 2.07 bits per heavy atom. The van der Waals surface area contributed by atoms with Crippen LogP contribution in [0.3, 0.4) is 0 Å². The first-order valence-electron chi connectivity index (χ1n) is 4.08. The van der Waals surface area contributed by atoms with Gasteiger partial charge in [-0.05, 0) is 18.2 Å². The molecule has 0 aliphatic carbocycles. The summed E-state index contributed by atoms with van der Waals surface area (Å²) < 4.78 is 25.7. The average molecular weight is 213 g/mol. The average Bonchev–Trinajstić information content (AvgIpc) is 2.18. The lowest BCUT2D eigenvalue weighted by atomic mass is 10.2. The quantitative estimate of drug-likeness (QED) is 0.597. The summed E-state index contributed by atoms with van der Waals surface area (Å²) in [6.07, 6.45) is 0.408. The number of carbonyl (C=O) groups is 1. The number of hydrogen-bond acceptors (Lipinski definition) is 2. The molecule has 0 bridgehead atoms. The normalized spacial score (nSPS) is 10.8. The molecule has 1 aromatic carbocycles. The van der Waals surface area contributed by atoms with E-state index < -0.39 is 12.0 Å². The van der Waals surface area contributed by atoms with Crippen LogP contribution in [-0.4, -0.2) is 17.1 Å². The van der Waals surface area contributed by atoms with Gasteiger partial charge in [-0.25, -0.2) is 4.79 Å². The Bertz CT molecular complexity index is 391. The van der Waals surface area contributed by atoms with Gasteiger partial charge in [0.25, 0.3) is 0 Å². The smallest absolute Gasteiger partial charge is 0.343 e. The van der Waals surface area contributed by atoms with Crippen LogP contribution in [-0.2, 0) is 0 Å². The summed E-state index contributed by atoms with van der Waals surface area (Å²) in [4.78, 5) is 10.7. The van der Waals surface area contributed by atoms with E-state index in [2.05, 4.69) is 6.58 Å². The SMILES string of the molecule is C=CC(F)(F)Nc1ccccc1C(=O)O. The standard InChI is InChI=1S/C10H9F2NO2/c1-2-10(11,12)13-8-6-4-3-5-7(8)9(14)15/h2-6,13H,1H2,(H,14,15). The van der Waals surface area contributed by atoms with Crippen molar-refractivity contribution >= 4 is 11.7 Å². The molecule has 5 heteroatoms. The van der Waals surface area contributed by atoms with Crippen LogP contribution in [0.25, 0.3) is 0 Å². The van der Waals surface area contributed by atoms with Crippen LogP contribution in [0.2, 0.25) is 0 Å². The predicted octanol–water partition coefficient (Wildman–Crippen LogP) is 2.58. The van der Waals surface area contributed by atoms with Gasteiger partial charge in [0.1, 0.15) is 0 Å². The van der Waals surface area contributed by atoms with E-state index in [1.54, 1.807) is 5.32 Å². The number of carboxylic acid groups (broad SMARTS) is 1. The van der Waals surface area contributed by atoms with Crippen LogP contribution < -0.4 is 5.32 Å². The van der Waals surface area contributed by atoms with Crippen LogP contribution in [0.15, 0.2) is 36.9 Å². The molecular formula is C10H9F2NO2. The second-order valence-corrected chi connectivity index (χ2v) is 2.80. The number of carboxylic acids is 1. The van der Waals surface area contributed by atoms with E-state index in [1.807, 2.05) is 0 Å². The van der Waals surface area contributed by atoms with Gasteiger partial charge in [-0.3, -0.25) is 0 Å². The molecule has 1 rings (SSSR count). The van der Waals surface area contributed by atoms with Crippen molar-refractivity contribution in [2.45, 2.75) is 6.05 Å². The zero-order valence-electron chi connectivity index (χ0n) is 7.71. The van der Waals surface area contributed by atoms with Crippen LogP contribution in [0.4, 0.5) is 14.5 Å². The first kappa shape index (κ1) is 11.2. The molecule has 1 aromatic rings. The Balaban J connectivity index is 3.04. The van der Waals surface area contributed by atoms with Gasteiger partial charge in [0.2, 0.25) is 0 Å². The highest BCUT2D eigenvalue weighted by molar-refractivity contribution is 5.94. The molecule has 15 heavy (non-hydrogen) atoms. The maximum atomic E-state index is 12.9. The Morgan fingerprint density at radius 1 is 1.47 bits per heavy atom. The van der Waals surface area contributed by atoms with Crippen molar-refractivity contribution in [3.8, 4) is 0 Å². The van der Waals surface area contributed by atoms with Crippen molar-refractivity contribution < 1.29 is 18.7 Å². The van der Waals surface area contributed by atoms with Crippen LogP contribution >= 0.6 is 0 Å². The summed E-state index contributed by atoms with van der Waals surface area (Å²) in [5, 5.41) is 10.5. The molecule has 0 saturated heterocycles. The number of rotatable bonds is 4. The molecule has 0 unspecified atom stereocenters. The van der Waals surface area contributed by atoms with Gasteiger partial charge >= 0.3 is 12.0 Å². The molecule has 0 aliphatic rings. The van der Waals surface area contributed by atoms with Gasteiger partial charge in [-0.2, -0.15) is 8.78 Å². The van der Waals surface area contributed by atoms with E-state index in [9.17, 15) is 13.6 Å². The zero-order valence-corrected chi connectivity index (χ0v) is 7.71. The Morgan fingerprint density at radius 3 is 2.60 bits per heavy atom. The monoisotopic (exact) mass is 213 g/mol. The lowest BCUT2D eigenvalue weighted by Crippen LogP contribution is -2.25. The Labute approximate surface area is 85.0 Å². The molecule has 0 aromatic heterocycles. The number of nitrogens with one attached hydrogen (secondary N) is 1. The Hall–Kier alpha value is -1.91. The fourth-order valence-corrected chi connectivity index (χ4v) is 1.01. The minimum atomic E-state index is -3.33. The van der Waals surface area contributed by atoms with E-state index >= 15 is 0 Å². The zero-order chi connectivity index (χ0) is 11.5. The summed E-state index contributed by atoms with van der Waals surface area (Å²) in [6, 6.07) is 2.10. The summed E-state index contributed by atoms with van der Waals surface area (Å²) >= 11 is 0. The molecule has 3 nitrogen and oxygen atoms in total. The summed E-state index contributed by atoms with van der Waals surface area (Å²) in [5.74, 6) is -1.27. The van der Waals surface area contributed by atoms with Gasteiger partial charge < -0.3 is 10.4 Å². The van der Waals surface area contributed by atoms with E-state index in [0.717, 1.165) is 0 Å². The first-order chi connectivity index (χ1) is 6.96. The third-order valence-electron chi connectivity index (χ3n) is 1.72. The largest absolute Gasteiger partial charge is 0.478 e. The topological polar surface area (TPSA) is 49.3 Å². The van der Waals surface area contributed by atoms with E-state index in [0.29, 0.717) is 6.08 Å². The number of para-hydroxylation sites is 1. The van der Waals surface area contributed by atoms with Crippen molar-refractivity contribution in [1.29, 1.82) is 0 Å². The molecule has 0 fully saturated rings. The molecule has 0 saturated carbocycles. The number of benzene rings is 1. The highest BCUT2D eigenvalue weighted by Gasteiger charge is 2.25. The first-order valence-corrected chi connectivity index (χ1v) is 4.08. The van der Waals surface area contributed by atoms with E-state index in [-0.39, 0.29) is 11.3 Å². The van der Waals surface area contributed by atoms with Crippen LogP contribution in [0.5, 0.6) is 0 Å². The lowest BCUT2D eigenvalue weighted by Gasteiger charge is -2.16. The summed E-state index contributed by atoms with van der Waals surface area (Å²) in [5.41, 5.74) is -0.353. The lowest BCUT2D eigenvalue weighted by molar-refractivity contribution is 0.0695. The van der Waals surface area contributed by atoms with Crippen molar-refractivity contribution in [2.24, 2.45) is 0 Å². The van der Waals surface area contributed by atoms with Crippen LogP contribution in [0, 0.1) is 0 Å². The fraction of sp³-hybridized carbons (Fsp3) is 0.100. The second kappa shape index (κ2) is 4.08. The minimum Gasteiger partial charge on any atom is -0.478 e. The molecule has 0 amide bonds. The highest BCUT2D eigenvalue weighted by Crippen LogP contribution is 2.22. The molecule has 0 spiro atoms. The Kier molecular flexibility index (Phi) is 3.04. The molecule has 2 N–H and O–H groups in total. The summed E-state index contributed by atoms with van der Waals surface area (Å²) in [6.45, 7) is 2.94. The predicted molar refractivity (Wildman–Crippen MR) is 52.2 cm³/mol. The number of alkyl halides is 2. The molecule has 0 aliphatic heterocycles. The number of anilines is 1. The van der Waals surface area contributed by atoms with E-state index in [1.165, 1.54) is 24.3 Å². The third-order valence-corrected chi connectivity index (χ3v) is 1.72. The molecule has 0 heterocycles. The van der Waals surface area contributed by atoms with Gasteiger partial charge in [-0.1, -0.05) is 18.7 Å². The fourth-order valence-electron chi connectivity index (χ4n) is 1.01. The number of halogens is 2. The number of hydrogen-bond donors (Lipinski definition) is 2. The summed E-state index contributed by atoms with van der Waals surface area (Å²) in [7, 11) is 0. The number of aromatic carboxylic acids is 1. The van der Waals surface area contributed by atoms with Gasteiger partial charge in [0.15, 0.2) is 0 Å². The van der Waals surface area contributed by atoms with Crippen molar-refractivity contribution in [1.82, 2.24) is 0 Å². The molecule has 80 valence electrons. The van der Waals surface area contributed by atoms with Crippen molar-refractivity contribution in [2.75, 3.05) is 5.32 Å². The van der Waals surface area contributed by atoms with Gasteiger partial charge in [-0.15, -0.1) is 0 Å². The molecule has 0 radical (unpaired) electrons. The van der Waals surface area contributed by atoms with Crippen molar-refractivity contribution in [3.63, 3.8) is 0 Å². The van der Waals surface area contributed by atoms with Gasteiger partial charge in [0, 0.05) is 0 Å². The maximum Gasteiger partial charge on any atom is 0.343 e. The maximum absolute atomic E-state index is 12.9. The van der Waals surface area contributed by atoms with Crippen molar-refractivity contribution in [3.05, 3.63) is 42.5 Å². The highest BCUT2D eigenvalue weighted by atomic mass is 19.3.